The van der Waals surface area contributed by atoms with E-state index < -0.39 is 0 Å². The zero-order valence-corrected chi connectivity index (χ0v) is 11.9. The zero-order valence-electron chi connectivity index (χ0n) is 11.9. The van der Waals surface area contributed by atoms with Crippen molar-refractivity contribution in [2.24, 2.45) is 0 Å². The largest absolute Gasteiger partial charge is 0.365 e. The monoisotopic (exact) mass is 248 g/mol. The van der Waals surface area contributed by atoms with Crippen LogP contribution in [0.1, 0.15) is 20.8 Å². The SMILES string of the molecule is CN1CCN(c2cccc(NC(C)(C)C)n2)CC1. The first-order valence-electron chi connectivity index (χ1n) is 6.63. The van der Waals surface area contributed by atoms with Crippen LogP contribution in [0.3, 0.4) is 0 Å². The minimum Gasteiger partial charge on any atom is -0.365 e. The Morgan fingerprint density at radius 2 is 1.78 bits per heavy atom. The first kappa shape index (κ1) is 13.1. The minimum absolute atomic E-state index is 0.0493. The highest BCUT2D eigenvalue weighted by molar-refractivity contribution is 5.48. The number of nitrogens with zero attached hydrogens (tertiary/aromatic N) is 3. The fourth-order valence-electron chi connectivity index (χ4n) is 2.09. The molecule has 18 heavy (non-hydrogen) atoms. The lowest BCUT2D eigenvalue weighted by molar-refractivity contribution is 0.312. The van der Waals surface area contributed by atoms with Crippen LogP contribution in [-0.2, 0) is 0 Å². The van der Waals surface area contributed by atoms with Crippen molar-refractivity contribution >= 4 is 11.6 Å². The molecule has 2 heterocycles. The maximum atomic E-state index is 4.70. The lowest BCUT2D eigenvalue weighted by Crippen LogP contribution is -2.44. The fraction of sp³-hybridized carbons (Fsp3) is 0.643. The van der Waals surface area contributed by atoms with Gasteiger partial charge in [0.25, 0.3) is 0 Å². The molecule has 0 unspecified atom stereocenters. The smallest absolute Gasteiger partial charge is 0.131 e. The van der Waals surface area contributed by atoms with Crippen LogP contribution in [0.2, 0.25) is 0 Å². The van der Waals surface area contributed by atoms with Gasteiger partial charge in [-0.15, -0.1) is 0 Å². The van der Waals surface area contributed by atoms with Crippen LogP contribution in [0.4, 0.5) is 11.6 Å². The van der Waals surface area contributed by atoms with E-state index in [9.17, 15) is 0 Å². The van der Waals surface area contributed by atoms with Gasteiger partial charge in [0.15, 0.2) is 0 Å². The third kappa shape index (κ3) is 3.60. The number of piperazine rings is 1. The number of nitrogens with one attached hydrogen (secondary N) is 1. The van der Waals surface area contributed by atoms with Crippen molar-refractivity contribution in [3.05, 3.63) is 18.2 Å². The highest BCUT2D eigenvalue weighted by Gasteiger charge is 2.16. The summed E-state index contributed by atoms with van der Waals surface area (Å²) in [5, 5.41) is 3.42. The Balaban J connectivity index is 2.07. The first-order valence-corrected chi connectivity index (χ1v) is 6.63. The van der Waals surface area contributed by atoms with Gasteiger partial charge in [0, 0.05) is 31.7 Å². The summed E-state index contributed by atoms with van der Waals surface area (Å²) >= 11 is 0. The summed E-state index contributed by atoms with van der Waals surface area (Å²) in [5.74, 6) is 2.04. The fourth-order valence-corrected chi connectivity index (χ4v) is 2.09. The number of likely N-dealkylation sites (N-methyl/N-ethyl adjacent to an activating group) is 1. The van der Waals surface area contributed by atoms with Crippen LogP contribution in [0.25, 0.3) is 0 Å². The Hall–Kier alpha value is -1.29. The molecule has 0 spiro atoms. The topological polar surface area (TPSA) is 31.4 Å². The Kier molecular flexibility index (Phi) is 3.76. The number of hydrogen-bond donors (Lipinski definition) is 1. The quantitative estimate of drug-likeness (QED) is 0.868. The van der Waals surface area contributed by atoms with Gasteiger partial charge in [-0.3, -0.25) is 0 Å². The number of hydrogen-bond acceptors (Lipinski definition) is 4. The number of rotatable bonds is 2. The third-order valence-corrected chi connectivity index (χ3v) is 3.06. The van der Waals surface area contributed by atoms with Crippen molar-refractivity contribution in [1.82, 2.24) is 9.88 Å². The maximum Gasteiger partial charge on any atom is 0.131 e. The summed E-state index contributed by atoms with van der Waals surface area (Å²) in [4.78, 5) is 9.41. The highest BCUT2D eigenvalue weighted by Crippen LogP contribution is 2.18. The molecule has 4 heteroatoms. The average molecular weight is 248 g/mol. The van der Waals surface area contributed by atoms with Gasteiger partial charge < -0.3 is 15.1 Å². The van der Waals surface area contributed by atoms with Crippen molar-refractivity contribution in [1.29, 1.82) is 0 Å². The molecule has 0 saturated carbocycles. The number of aromatic nitrogens is 1. The van der Waals surface area contributed by atoms with E-state index in [1.165, 1.54) is 0 Å². The summed E-state index contributed by atoms with van der Waals surface area (Å²) in [5.41, 5.74) is 0.0493. The molecular weight excluding hydrogens is 224 g/mol. The molecule has 0 atom stereocenters. The number of pyridine rings is 1. The zero-order chi connectivity index (χ0) is 13.2. The second-order valence-corrected chi connectivity index (χ2v) is 6.05. The molecule has 1 aliphatic rings. The van der Waals surface area contributed by atoms with Gasteiger partial charge >= 0.3 is 0 Å². The predicted molar refractivity (Wildman–Crippen MR) is 77.3 cm³/mol. The van der Waals surface area contributed by atoms with Crippen LogP contribution in [0.5, 0.6) is 0 Å². The molecule has 1 aromatic rings. The summed E-state index contributed by atoms with van der Waals surface area (Å²) in [7, 11) is 2.17. The molecular formula is C14H24N4. The Bertz CT molecular complexity index is 389. The van der Waals surface area contributed by atoms with Gasteiger partial charge in [-0.2, -0.15) is 0 Å². The van der Waals surface area contributed by atoms with E-state index in [4.69, 9.17) is 4.98 Å². The molecule has 100 valence electrons. The van der Waals surface area contributed by atoms with Crippen LogP contribution < -0.4 is 10.2 Å². The van der Waals surface area contributed by atoms with Gasteiger partial charge in [0.05, 0.1) is 0 Å². The molecule has 1 N–H and O–H groups in total. The molecule has 1 aromatic heterocycles. The van der Waals surface area contributed by atoms with Crippen LogP contribution in [0, 0.1) is 0 Å². The van der Waals surface area contributed by atoms with E-state index in [-0.39, 0.29) is 5.54 Å². The Labute approximate surface area is 110 Å². The van der Waals surface area contributed by atoms with Crippen molar-refractivity contribution < 1.29 is 0 Å². The first-order chi connectivity index (χ1) is 8.44. The second-order valence-electron chi connectivity index (χ2n) is 6.05. The van der Waals surface area contributed by atoms with E-state index in [0.29, 0.717) is 0 Å². The Morgan fingerprint density at radius 1 is 1.11 bits per heavy atom. The van der Waals surface area contributed by atoms with Gasteiger partial charge in [-0.25, -0.2) is 4.98 Å². The maximum absolute atomic E-state index is 4.70. The molecule has 0 radical (unpaired) electrons. The van der Waals surface area contributed by atoms with Gasteiger partial charge in [0.1, 0.15) is 11.6 Å². The van der Waals surface area contributed by atoms with Crippen LogP contribution in [-0.4, -0.2) is 48.6 Å². The molecule has 1 saturated heterocycles. The molecule has 0 amide bonds. The van der Waals surface area contributed by atoms with Crippen LogP contribution in [0.15, 0.2) is 18.2 Å². The highest BCUT2D eigenvalue weighted by atomic mass is 15.3. The normalized spacial score (nSPS) is 17.9. The summed E-state index contributed by atoms with van der Waals surface area (Å²) in [6, 6.07) is 6.21. The molecule has 2 rings (SSSR count). The Morgan fingerprint density at radius 3 is 2.39 bits per heavy atom. The van der Waals surface area contributed by atoms with E-state index >= 15 is 0 Å². The number of anilines is 2. The summed E-state index contributed by atoms with van der Waals surface area (Å²) in [6.07, 6.45) is 0. The van der Waals surface area contributed by atoms with Gasteiger partial charge in [0.2, 0.25) is 0 Å². The molecule has 0 bridgehead atoms. The van der Waals surface area contributed by atoms with E-state index in [2.05, 4.69) is 55.1 Å². The van der Waals surface area contributed by atoms with Crippen molar-refractivity contribution in [2.45, 2.75) is 26.3 Å². The molecule has 1 fully saturated rings. The summed E-state index contributed by atoms with van der Waals surface area (Å²) < 4.78 is 0. The van der Waals surface area contributed by atoms with Crippen molar-refractivity contribution in [3.63, 3.8) is 0 Å². The summed E-state index contributed by atoms with van der Waals surface area (Å²) in [6.45, 7) is 10.8. The van der Waals surface area contributed by atoms with Crippen molar-refractivity contribution in [2.75, 3.05) is 43.4 Å². The molecule has 0 aromatic carbocycles. The second kappa shape index (κ2) is 5.14. The van der Waals surface area contributed by atoms with Crippen LogP contribution >= 0.6 is 0 Å². The van der Waals surface area contributed by atoms with E-state index in [0.717, 1.165) is 37.8 Å². The third-order valence-electron chi connectivity index (χ3n) is 3.06. The lowest BCUT2D eigenvalue weighted by atomic mass is 10.1. The van der Waals surface area contributed by atoms with E-state index in [1.54, 1.807) is 0 Å². The van der Waals surface area contributed by atoms with E-state index in [1.807, 2.05) is 6.07 Å². The molecule has 4 nitrogen and oxygen atoms in total. The molecule has 0 aliphatic carbocycles. The lowest BCUT2D eigenvalue weighted by Gasteiger charge is -2.33. The molecule has 1 aliphatic heterocycles. The standard InChI is InChI=1S/C14H24N4/c1-14(2,3)16-12-6-5-7-13(15-12)18-10-8-17(4)9-11-18/h5-7H,8-11H2,1-4H3,(H,15,16). The van der Waals surface area contributed by atoms with Crippen molar-refractivity contribution in [3.8, 4) is 0 Å². The van der Waals surface area contributed by atoms with Gasteiger partial charge in [-0.1, -0.05) is 6.07 Å². The minimum atomic E-state index is 0.0493. The van der Waals surface area contributed by atoms with Gasteiger partial charge in [-0.05, 0) is 40.0 Å². The predicted octanol–water partition coefficient (Wildman–Crippen LogP) is 2.04. The average Bonchev–Trinajstić information content (AvgIpc) is 2.28.